The van der Waals surface area contributed by atoms with E-state index >= 15 is 0 Å². The maximum absolute atomic E-state index is 4.55. The Morgan fingerprint density at radius 2 is 1.86 bits per heavy atom. The Kier molecular flexibility index (Phi) is 4.93. The van der Waals surface area contributed by atoms with E-state index in [-0.39, 0.29) is 0 Å². The molecule has 4 aliphatic rings. The fourth-order valence-corrected chi connectivity index (χ4v) is 4.40. The number of nitrogens with zero attached hydrogens (tertiary/aromatic N) is 4. The van der Waals surface area contributed by atoms with Gasteiger partial charge in [0.15, 0.2) is 5.96 Å². The maximum Gasteiger partial charge on any atom is 0.193 e. The van der Waals surface area contributed by atoms with Gasteiger partial charge in [-0.3, -0.25) is 14.8 Å². The summed E-state index contributed by atoms with van der Waals surface area (Å²) in [4.78, 5) is 12.3. The van der Waals surface area contributed by atoms with Crippen LogP contribution in [-0.2, 0) is 0 Å². The van der Waals surface area contributed by atoms with Crippen molar-refractivity contribution in [2.45, 2.75) is 39.2 Å². The first-order chi connectivity index (χ1) is 10.7. The van der Waals surface area contributed by atoms with Crippen LogP contribution in [0.2, 0.25) is 0 Å². The molecule has 2 bridgehead atoms. The minimum absolute atomic E-state index is 0.511. The third kappa shape index (κ3) is 3.11. The van der Waals surface area contributed by atoms with Crippen molar-refractivity contribution in [3.63, 3.8) is 0 Å². The van der Waals surface area contributed by atoms with Gasteiger partial charge in [-0.15, -0.1) is 0 Å². The smallest absolute Gasteiger partial charge is 0.193 e. The van der Waals surface area contributed by atoms with Crippen LogP contribution in [0.3, 0.4) is 0 Å². The average Bonchev–Trinajstić information content (AvgIpc) is 3.02. The Labute approximate surface area is 135 Å². The average molecular weight is 307 g/mol. The fraction of sp³-hybridized carbons (Fsp3) is 0.941. The summed E-state index contributed by atoms with van der Waals surface area (Å²) in [6.45, 7) is 14.2. The topological polar surface area (TPSA) is 34.1 Å². The third-order valence-electron chi connectivity index (χ3n) is 6.34. The highest BCUT2D eigenvalue weighted by atomic mass is 15.4. The van der Waals surface area contributed by atoms with E-state index in [0.29, 0.717) is 11.5 Å². The molecule has 4 fully saturated rings. The fourth-order valence-electron chi connectivity index (χ4n) is 4.40. The van der Waals surface area contributed by atoms with E-state index in [1.165, 1.54) is 58.5 Å². The number of hydrogen-bond acceptors (Lipinski definition) is 3. The summed E-state index contributed by atoms with van der Waals surface area (Å²) in [7, 11) is 1.93. The highest BCUT2D eigenvalue weighted by Gasteiger charge is 2.37. The largest absolute Gasteiger partial charge is 0.355 e. The molecular formula is C17H33N5. The zero-order valence-electron chi connectivity index (χ0n) is 14.6. The van der Waals surface area contributed by atoms with Crippen molar-refractivity contribution >= 4 is 5.96 Å². The second kappa shape index (κ2) is 6.75. The summed E-state index contributed by atoms with van der Waals surface area (Å²) in [6, 6.07) is 0.656. The minimum atomic E-state index is 0.511. The summed E-state index contributed by atoms with van der Waals surface area (Å²) in [5.41, 5.74) is 0.511. The van der Waals surface area contributed by atoms with Crippen molar-refractivity contribution in [1.29, 1.82) is 0 Å². The molecule has 22 heavy (non-hydrogen) atoms. The van der Waals surface area contributed by atoms with Crippen LogP contribution < -0.4 is 5.32 Å². The summed E-state index contributed by atoms with van der Waals surface area (Å²) < 4.78 is 0. The van der Waals surface area contributed by atoms with Crippen LogP contribution >= 0.6 is 0 Å². The van der Waals surface area contributed by atoms with Crippen molar-refractivity contribution in [2.24, 2.45) is 10.4 Å². The van der Waals surface area contributed by atoms with Gasteiger partial charge >= 0.3 is 0 Å². The second-order valence-electron chi connectivity index (χ2n) is 7.30. The molecule has 0 aromatic carbocycles. The number of guanidine groups is 1. The minimum Gasteiger partial charge on any atom is -0.355 e. The van der Waals surface area contributed by atoms with Crippen LogP contribution in [0.4, 0.5) is 0 Å². The molecule has 4 aliphatic heterocycles. The van der Waals surface area contributed by atoms with E-state index in [1.54, 1.807) is 0 Å². The van der Waals surface area contributed by atoms with E-state index in [1.807, 2.05) is 7.05 Å². The molecule has 0 aromatic heterocycles. The predicted octanol–water partition coefficient (Wildman–Crippen LogP) is 1.07. The SMILES string of the molecule is CCC1(CC)CCN(C(=NC)NCC2CN3CCN2CC3)C1. The molecule has 1 atom stereocenters. The number of aliphatic imine (C=N–C) groups is 1. The normalized spacial score (nSPS) is 34.2. The molecule has 0 radical (unpaired) electrons. The van der Waals surface area contributed by atoms with Gasteiger partial charge in [-0.05, 0) is 24.7 Å². The number of piperazine rings is 3. The lowest BCUT2D eigenvalue weighted by atomic mass is 9.82. The zero-order valence-corrected chi connectivity index (χ0v) is 14.6. The molecule has 0 spiro atoms. The number of rotatable bonds is 4. The predicted molar refractivity (Wildman–Crippen MR) is 92.4 cm³/mol. The lowest BCUT2D eigenvalue weighted by Crippen LogP contribution is -2.64. The van der Waals surface area contributed by atoms with Crippen LogP contribution in [0.15, 0.2) is 4.99 Å². The van der Waals surface area contributed by atoms with Crippen LogP contribution in [0.1, 0.15) is 33.1 Å². The molecule has 4 saturated heterocycles. The van der Waals surface area contributed by atoms with Gasteiger partial charge in [0.25, 0.3) is 0 Å². The van der Waals surface area contributed by atoms with Crippen LogP contribution in [0.5, 0.6) is 0 Å². The molecule has 1 N–H and O–H groups in total. The highest BCUT2D eigenvalue weighted by Crippen LogP contribution is 2.36. The monoisotopic (exact) mass is 307 g/mol. The van der Waals surface area contributed by atoms with Crippen molar-refractivity contribution in [3.8, 4) is 0 Å². The first kappa shape index (κ1) is 16.1. The quantitative estimate of drug-likeness (QED) is 0.622. The number of fused-ring (bicyclic) bond motifs is 3. The standard InChI is InChI=1S/C17H33N5/c1-4-17(5-2)6-7-22(14-17)16(18-3)19-12-15-13-20-8-10-21(15)11-9-20/h15H,4-14H2,1-3H3,(H,18,19). The second-order valence-corrected chi connectivity index (χ2v) is 7.30. The molecule has 5 heteroatoms. The lowest BCUT2D eigenvalue weighted by molar-refractivity contribution is 0.0152. The van der Waals surface area contributed by atoms with Gasteiger partial charge in [0.05, 0.1) is 0 Å². The summed E-state index contributed by atoms with van der Waals surface area (Å²) >= 11 is 0. The molecule has 1 unspecified atom stereocenters. The summed E-state index contributed by atoms with van der Waals surface area (Å²) in [5.74, 6) is 1.11. The third-order valence-corrected chi connectivity index (χ3v) is 6.34. The van der Waals surface area contributed by atoms with Gasteiger partial charge in [0.2, 0.25) is 0 Å². The van der Waals surface area contributed by atoms with E-state index in [4.69, 9.17) is 0 Å². The van der Waals surface area contributed by atoms with Crippen LogP contribution in [0.25, 0.3) is 0 Å². The Hall–Kier alpha value is -0.810. The van der Waals surface area contributed by atoms with E-state index in [2.05, 4.69) is 38.9 Å². The van der Waals surface area contributed by atoms with Gasteiger partial charge < -0.3 is 10.2 Å². The Bertz CT molecular complexity index is 396. The summed E-state index contributed by atoms with van der Waals surface area (Å²) in [5, 5.41) is 3.66. The van der Waals surface area contributed by atoms with E-state index < -0.39 is 0 Å². The number of hydrogen-bond donors (Lipinski definition) is 1. The molecule has 0 amide bonds. The number of likely N-dealkylation sites (tertiary alicyclic amines) is 1. The van der Waals surface area contributed by atoms with E-state index in [9.17, 15) is 0 Å². The molecule has 0 aromatic rings. The van der Waals surface area contributed by atoms with Crippen molar-refractivity contribution < 1.29 is 0 Å². The van der Waals surface area contributed by atoms with Gasteiger partial charge in [0, 0.05) is 65.4 Å². The zero-order chi connectivity index (χ0) is 15.6. The molecule has 0 aliphatic carbocycles. The van der Waals surface area contributed by atoms with Crippen molar-refractivity contribution in [3.05, 3.63) is 0 Å². The van der Waals surface area contributed by atoms with Crippen LogP contribution in [0, 0.1) is 5.41 Å². The van der Waals surface area contributed by atoms with Crippen molar-refractivity contribution in [2.75, 3.05) is 59.4 Å². The molecular weight excluding hydrogens is 274 g/mol. The Morgan fingerprint density at radius 3 is 2.36 bits per heavy atom. The van der Waals surface area contributed by atoms with Crippen LogP contribution in [-0.4, -0.2) is 86.1 Å². The molecule has 5 nitrogen and oxygen atoms in total. The molecule has 0 saturated carbocycles. The Balaban J connectivity index is 1.53. The first-order valence-corrected chi connectivity index (χ1v) is 9.11. The van der Waals surface area contributed by atoms with Gasteiger partial charge in [-0.25, -0.2) is 0 Å². The molecule has 4 heterocycles. The van der Waals surface area contributed by atoms with Gasteiger partial charge in [-0.2, -0.15) is 0 Å². The summed E-state index contributed by atoms with van der Waals surface area (Å²) in [6.07, 6.45) is 3.87. The maximum atomic E-state index is 4.55. The Morgan fingerprint density at radius 1 is 1.14 bits per heavy atom. The molecule has 4 rings (SSSR count). The first-order valence-electron chi connectivity index (χ1n) is 9.11. The van der Waals surface area contributed by atoms with E-state index in [0.717, 1.165) is 19.0 Å². The van der Waals surface area contributed by atoms with Gasteiger partial charge in [-0.1, -0.05) is 13.8 Å². The number of nitrogens with one attached hydrogen (secondary N) is 1. The highest BCUT2D eigenvalue weighted by molar-refractivity contribution is 5.80. The molecule has 126 valence electrons. The lowest BCUT2D eigenvalue weighted by Gasteiger charge is -2.47. The van der Waals surface area contributed by atoms with Crippen molar-refractivity contribution in [1.82, 2.24) is 20.0 Å². The van der Waals surface area contributed by atoms with Gasteiger partial charge in [0.1, 0.15) is 0 Å².